The Kier molecular flexibility index (Phi) is 6.00. The molecule has 1 aliphatic rings. The number of likely N-dealkylation sites (N-methyl/N-ethyl adjacent to an activating group) is 1. The van der Waals surface area contributed by atoms with Crippen LogP contribution in [0.2, 0.25) is 4.34 Å². The van der Waals surface area contributed by atoms with E-state index in [1.165, 1.54) is 19.4 Å². The van der Waals surface area contributed by atoms with E-state index >= 15 is 0 Å². The maximum atomic E-state index is 5.86. The zero-order chi connectivity index (χ0) is 10.7. The van der Waals surface area contributed by atoms with Gasteiger partial charge in [0, 0.05) is 12.6 Å². The minimum Gasteiger partial charge on any atom is -0.316 e. The van der Waals surface area contributed by atoms with Crippen molar-refractivity contribution in [2.24, 2.45) is 0 Å². The molecule has 1 saturated heterocycles. The van der Waals surface area contributed by atoms with Crippen LogP contribution < -0.4 is 5.32 Å². The third kappa shape index (κ3) is 3.86. The summed E-state index contributed by atoms with van der Waals surface area (Å²) < 4.78 is 0.784. The quantitative estimate of drug-likeness (QED) is 0.922. The van der Waals surface area contributed by atoms with Crippen LogP contribution in [0, 0.1) is 0 Å². The van der Waals surface area contributed by atoms with Crippen LogP contribution in [0.4, 0.5) is 0 Å². The van der Waals surface area contributed by atoms with E-state index in [0.29, 0.717) is 6.04 Å². The van der Waals surface area contributed by atoms with E-state index in [1.54, 1.807) is 17.5 Å². The van der Waals surface area contributed by atoms with Gasteiger partial charge >= 0.3 is 0 Å². The molecular formula is C10H17Cl2N3S. The minimum atomic E-state index is 0. The largest absolute Gasteiger partial charge is 0.316 e. The Hall–Kier alpha value is 0.130. The molecule has 1 unspecified atom stereocenters. The van der Waals surface area contributed by atoms with Gasteiger partial charge in [0.2, 0.25) is 0 Å². The van der Waals surface area contributed by atoms with Crippen LogP contribution in [-0.4, -0.2) is 36.1 Å². The number of hydrogen-bond donors (Lipinski definition) is 1. The highest BCUT2D eigenvalue weighted by atomic mass is 35.5. The van der Waals surface area contributed by atoms with Crippen LogP contribution in [0.25, 0.3) is 0 Å². The van der Waals surface area contributed by atoms with E-state index in [2.05, 4.69) is 15.2 Å². The van der Waals surface area contributed by atoms with Gasteiger partial charge in [0.15, 0.2) is 0 Å². The van der Waals surface area contributed by atoms with Gasteiger partial charge < -0.3 is 5.32 Å². The lowest BCUT2D eigenvalue weighted by atomic mass is 10.1. The second-order valence-corrected chi connectivity index (χ2v) is 5.67. The molecule has 3 nitrogen and oxygen atoms in total. The fraction of sp³-hybridized carbons (Fsp3) is 0.700. The fourth-order valence-corrected chi connectivity index (χ4v) is 2.99. The summed E-state index contributed by atoms with van der Waals surface area (Å²) in [6, 6.07) is 0.634. The summed E-state index contributed by atoms with van der Waals surface area (Å²) in [4.78, 5) is 6.73. The van der Waals surface area contributed by atoms with Crippen molar-refractivity contribution in [3.63, 3.8) is 0 Å². The molecule has 0 amide bonds. The standard InChI is InChI=1S/C10H16ClN3S.ClH/c1-12-8-3-2-4-14(6-8)7-10-13-5-9(11)15-10;/h5,8,12H,2-4,6-7H2,1H3;1H. The van der Waals surface area contributed by atoms with Crippen molar-refractivity contribution in [3.05, 3.63) is 15.5 Å². The number of nitrogens with zero attached hydrogens (tertiary/aromatic N) is 2. The molecule has 2 heterocycles. The molecule has 6 heteroatoms. The van der Waals surface area contributed by atoms with Crippen molar-refractivity contribution < 1.29 is 0 Å². The van der Waals surface area contributed by atoms with Gasteiger partial charge in [-0.15, -0.1) is 23.7 Å². The van der Waals surface area contributed by atoms with Gasteiger partial charge in [0.1, 0.15) is 9.34 Å². The highest BCUT2D eigenvalue weighted by Crippen LogP contribution is 2.21. The summed E-state index contributed by atoms with van der Waals surface area (Å²) in [7, 11) is 2.04. The predicted molar refractivity (Wildman–Crippen MR) is 71.7 cm³/mol. The van der Waals surface area contributed by atoms with E-state index in [0.717, 1.165) is 22.4 Å². The molecule has 16 heavy (non-hydrogen) atoms. The molecule has 0 aromatic carbocycles. The van der Waals surface area contributed by atoms with E-state index < -0.39 is 0 Å². The average Bonchev–Trinajstić information content (AvgIpc) is 2.64. The maximum Gasteiger partial charge on any atom is 0.113 e. The van der Waals surface area contributed by atoms with Crippen molar-refractivity contribution >= 4 is 35.3 Å². The molecule has 2 rings (SSSR count). The number of piperidine rings is 1. The number of likely N-dealkylation sites (tertiary alicyclic amines) is 1. The zero-order valence-corrected chi connectivity index (χ0v) is 11.7. The number of nitrogens with one attached hydrogen (secondary N) is 1. The van der Waals surface area contributed by atoms with Crippen molar-refractivity contribution in [2.45, 2.75) is 25.4 Å². The van der Waals surface area contributed by atoms with Crippen molar-refractivity contribution in [1.82, 2.24) is 15.2 Å². The Morgan fingerprint density at radius 1 is 1.69 bits per heavy atom. The van der Waals surface area contributed by atoms with Gasteiger partial charge in [-0.25, -0.2) is 4.98 Å². The predicted octanol–water partition coefficient (Wildman–Crippen LogP) is 2.40. The Morgan fingerprint density at radius 2 is 2.50 bits per heavy atom. The molecule has 1 atom stereocenters. The van der Waals surface area contributed by atoms with Crippen LogP contribution >= 0.6 is 35.3 Å². The van der Waals surface area contributed by atoms with Crippen LogP contribution in [0.3, 0.4) is 0 Å². The Bertz CT molecular complexity index is 319. The van der Waals surface area contributed by atoms with Crippen molar-refractivity contribution in [3.8, 4) is 0 Å². The van der Waals surface area contributed by atoms with Gasteiger partial charge in [0.05, 0.1) is 12.7 Å². The van der Waals surface area contributed by atoms with Gasteiger partial charge in [-0.1, -0.05) is 11.6 Å². The molecular weight excluding hydrogens is 265 g/mol. The minimum absolute atomic E-state index is 0. The average molecular weight is 282 g/mol. The lowest BCUT2D eigenvalue weighted by Crippen LogP contribution is -2.43. The summed E-state index contributed by atoms with van der Waals surface area (Å²) in [5, 5.41) is 4.46. The zero-order valence-electron chi connectivity index (χ0n) is 9.28. The van der Waals surface area contributed by atoms with Gasteiger partial charge in [0.25, 0.3) is 0 Å². The first kappa shape index (κ1) is 14.2. The molecule has 92 valence electrons. The van der Waals surface area contributed by atoms with Crippen molar-refractivity contribution in [2.75, 3.05) is 20.1 Å². The Morgan fingerprint density at radius 3 is 3.12 bits per heavy atom. The van der Waals surface area contributed by atoms with Crippen molar-refractivity contribution in [1.29, 1.82) is 0 Å². The molecule has 0 aliphatic carbocycles. The number of rotatable bonds is 3. The Labute approximate surface area is 112 Å². The van der Waals surface area contributed by atoms with Crippen LogP contribution in [0.15, 0.2) is 6.20 Å². The van der Waals surface area contributed by atoms with Crippen LogP contribution in [-0.2, 0) is 6.54 Å². The van der Waals surface area contributed by atoms with E-state index in [-0.39, 0.29) is 12.4 Å². The van der Waals surface area contributed by atoms with Gasteiger partial charge in [-0.2, -0.15) is 0 Å². The summed E-state index contributed by atoms with van der Waals surface area (Å²) in [6.07, 6.45) is 4.29. The third-order valence-electron chi connectivity index (χ3n) is 2.80. The lowest BCUT2D eigenvalue weighted by molar-refractivity contribution is 0.188. The first-order chi connectivity index (χ1) is 7.28. The molecule has 0 radical (unpaired) electrons. The number of halogens is 2. The molecule has 1 aliphatic heterocycles. The highest BCUT2D eigenvalue weighted by Gasteiger charge is 2.19. The van der Waals surface area contributed by atoms with Gasteiger partial charge in [-0.05, 0) is 26.4 Å². The molecule has 0 bridgehead atoms. The normalized spacial score (nSPS) is 21.8. The number of thiazole rings is 1. The molecule has 1 aromatic heterocycles. The third-order valence-corrected chi connectivity index (χ3v) is 3.90. The maximum absolute atomic E-state index is 5.86. The van der Waals surface area contributed by atoms with E-state index in [1.807, 2.05) is 7.05 Å². The molecule has 0 saturated carbocycles. The summed E-state index contributed by atoms with van der Waals surface area (Å²) in [5.41, 5.74) is 0. The summed E-state index contributed by atoms with van der Waals surface area (Å²) in [6.45, 7) is 3.23. The number of aromatic nitrogens is 1. The van der Waals surface area contributed by atoms with E-state index in [9.17, 15) is 0 Å². The first-order valence-electron chi connectivity index (χ1n) is 5.28. The SMILES string of the molecule is CNC1CCCN(Cc2ncc(Cl)s2)C1.Cl. The molecule has 1 fully saturated rings. The summed E-state index contributed by atoms with van der Waals surface area (Å²) in [5.74, 6) is 0. The monoisotopic (exact) mass is 281 g/mol. The highest BCUT2D eigenvalue weighted by molar-refractivity contribution is 7.15. The fourth-order valence-electron chi connectivity index (χ4n) is 1.99. The molecule has 1 aromatic rings. The van der Waals surface area contributed by atoms with E-state index in [4.69, 9.17) is 11.6 Å². The van der Waals surface area contributed by atoms with Crippen LogP contribution in [0.1, 0.15) is 17.8 Å². The second-order valence-electron chi connectivity index (χ2n) is 3.92. The topological polar surface area (TPSA) is 28.2 Å². The lowest BCUT2D eigenvalue weighted by Gasteiger charge is -2.31. The Balaban J connectivity index is 0.00000128. The second kappa shape index (κ2) is 6.77. The van der Waals surface area contributed by atoms with Crippen LogP contribution in [0.5, 0.6) is 0 Å². The molecule has 0 spiro atoms. The summed E-state index contributed by atoms with van der Waals surface area (Å²) >= 11 is 7.44. The smallest absolute Gasteiger partial charge is 0.113 e. The first-order valence-corrected chi connectivity index (χ1v) is 6.47. The van der Waals surface area contributed by atoms with Gasteiger partial charge in [-0.3, -0.25) is 4.90 Å². The molecule has 1 N–H and O–H groups in total. The number of hydrogen-bond acceptors (Lipinski definition) is 4.